The normalized spacial score (nSPS) is 15.5. The zero-order chi connectivity index (χ0) is 21.3. The van der Waals surface area contributed by atoms with Crippen LogP contribution < -0.4 is 9.62 Å². The minimum Gasteiger partial charge on any atom is -0.348 e. The summed E-state index contributed by atoms with van der Waals surface area (Å²) in [5, 5.41) is 3.46. The molecule has 156 valence electrons. The highest BCUT2D eigenvalue weighted by Gasteiger charge is 2.30. The number of benzene rings is 2. The molecule has 5 nitrogen and oxygen atoms in total. The lowest BCUT2D eigenvalue weighted by Gasteiger charge is -2.29. The average Bonchev–Trinajstić information content (AvgIpc) is 3.11. The first-order valence-electron chi connectivity index (χ1n) is 9.44. The lowest BCUT2D eigenvalue weighted by Crippen LogP contribution is -2.48. The van der Waals surface area contributed by atoms with Crippen molar-refractivity contribution in [3.8, 4) is 0 Å². The van der Waals surface area contributed by atoms with Gasteiger partial charge in [-0.25, -0.2) is 8.42 Å². The predicted octanol–water partition coefficient (Wildman–Crippen LogP) is 4.51. The molecular formula is C21H24Cl2N2O3S. The third kappa shape index (κ3) is 4.87. The maximum atomic E-state index is 12.9. The first-order chi connectivity index (χ1) is 13.6. The summed E-state index contributed by atoms with van der Waals surface area (Å²) in [5.41, 5.74) is 3.98. The number of nitrogens with one attached hydrogen (secondary N) is 1. The number of amides is 1. The number of hydrogen-bond donors (Lipinski definition) is 1. The molecule has 0 unspecified atom stereocenters. The van der Waals surface area contributed by atoms with Crippen LogP contribution >= 0.6 is 23.2 Å². The molecule has 0 aliphatic heterocycles. The monoisotopic (exact) mass is 454 g/mol. The second-order valence-electron chi connectivity index (χ2n) is 7.45. The summed E-state index contributed by atoms with van der Waals surface area (Å²) in [4.78, 5) is 12.9. The quantitative estimate of drug-likeness (QED) is 0.697. The van der Waals surface area contributed by atoms with E-state index in [1.54, 1.807) is 6.92 Å². The third-order valence-electron chi connectivity index (χ3n) is 5.23. The molecule has 0 bridgehead atoms. The van der Waals surface area contributed by atoms with Crippen molar-refractivity contribution >= 4 is 44.8 Å². The number of nitrogens with zero attached hydrogens (tertiary/aromatic N) is 1. The van der Waals surface area contributed by atoms with E-state index >= 15 is 0 Å². The van der Waals surface area contributed by atoms with E-state index in [1.165, 1.54) is 29.3 Å². The van der Waals surface area contributed by atoms with Crippen LogP contribution in [0.1, 0.15) is 43.0 Å². The van der Waals surface area contributed by atoms with Gasteiger partial charge >= 0.3 is 0 Å². The standard InChI is InChI=1S/C21H24Cl2N2O3S/c1-13(16-8-7-15-5-4-6-17(15)11-16)24-21(26)14(2)25(29(3,27)28)18-9-10-19(22)20(23)12-18/h7-14H,4-6H2,1-3H3,(H,24,26)/t13-,14-/m0/s1. The Hall–Kier alpha value is -1.76. The highest BCUT2D eigenvalue weighted by Crippen LogP contribution is 2.30. The summed E-state index contributed by atoms with van der Waals surface area (Å²) in [6, 6.07) is 9.54. The van der Waals surface area contributed by atoms with E-state index < -0.39 is 22.0 Å². The van der Waals surface area contributed by atoms with E-state index in [9.17, 15) is 13.2 Å². The van der Waals surface area contributed by atoms with E-state index in [2.05, 4.69) is 17.4 Å². The molecule has 0 saturated heterocycles. The van der Waals surface area contributed by atoms with Crippen LogP contribution in [0.15, 0.2) is 36.4 Å². The predicted molar refractivity (Wildman–Crippen MR) is 118 cm³/mol. The number of aryl methyl sites for hydroxylation is 2. The number of anilines is 1. The zero-order valence-electron chi connectivity index (χ0n) is 16.6. The maximum absolute atomic E-state index is 12.9. The Balaban J connectivity index is 1.81. The van der Waals surface area contributed by atoms with Crippen LogP contribution in [-0.2, 0) is 27.7 Å². The average molecular weight is 455 g/mol. The van der Waals surface area contributed by atoms with Crippen molar-refractivity contribution in [2.24, 2.45) is 0 Å². The minimum atomic E-state index is -3.73. The smallest absolute Gasteiger partial charge is 0.244 e. The first-order valence-corrected chi connectivity index (χ1v) is 12.0. The van der Waals surface area contributed by atoms with Gasteiger partial charge in [-0.1, -0.05) is 41.4 Å². The second kappa shape index (κ2) is 8.54. The summed E-state index contributed by atoms with van der Waals surface area (Å²) >= 11 is 12.0. The van der Waals surface area contributed by atoms with Gasteiger partial charge in [0, 0.05) is 0 Å². The fourth-order valence-corrected chi connectivity index (χ4v) is 5.17. The van der Waals surface area contributed by atoms with Crippen LogP contribution in [0.25, 0.3) is 0 Å². The zero-order valence-corrected chi connectivity index (χ0v) is 18.9. The molecule has 1 amide bonds. The third-order valence-corrected chi connectivity index (χ3v) is 7.21. The van der Waals surface area contributed by atoms with E-state index in [0.717, 1.165) is 35.4 Å². The second-order valence-corrected chi connectivity index (χ2v) is 10.1. The number of fused-ring (bicyclic) bond motifs is 1. The lowest BCUT2D eigenvalue weighted by molar-refractivity contribution is -0.122. The Bertz CT molecular complexity index is 1040. The molecule has 0 aromatic heterocycles. The number of rotatable bonds is 6. The largest absolute Gasteiger partial charge is 0.348 e. The summed E-state index contributed by atoms with van der Waals surface area (Å²) < 4.78 is 25.9. The van der Waals surface area contributed by atoms with Gasteiger partial charge in [-0.05, 0) is 68.0 Å². The SMILES string of the molecule is C[C@H](NC(=O)[C@H](C)N(c1ccc(Cl)c(Cl)c1)S(C)(=O)=O)c1ccc2c(c1)CCC2. The van der Waals surface area contributed by atoms with Gasteiger partial charge in [0.05, 0.1) is 28.0 Å². The minimum absolute atomic E-state index is 0.219. The highest BCUT2D eigenvalue weighted by atomic mass is 35.5. The number of sulfonamides is 1. The van der Waals surface area contributed by atoms with Gasteiger partial charge in [0.1, 0.15) is 6.04 Å². The van der Waals surface area contributed by atoms with Crippen LogP contribution in [0, 0.1) is 0 Å². The fraction of sp³-hybridized carbons (Fsp3) is 0.381. The summed E-state index contributed by atoms with van der Waals surface area (Å²) in [7, 11) is -3.73. The van der Waals surface area contributed by atoms with Gasteiger partial charge in [-0.15, -0.1) is 0 Å². The van der Waals surface area contributed by atoms with Gasteiger partial charge in [0.15, 0.2) is 0 Å². The summed E-state index contributed by atoms with van der Waals surface area (Å²) in [5.74, 6) is -0.394. The van der Waals surface area contributed by atoms with Crippen molar-refractivity contribution in [1.29, 1.82) is 0 Å². The number of hydrogen-bond acceptors (Lipinski definition) is 3. The van der Waals surface area contributed by atoms with Gasteiger partial charge in [0.2, 0.25) is 15.9 Å². The molecule has 8 heteroatoms. The molecular weight excluding hydrogens is 431 g/mol. The Labute approximate surface area is 182 Å². The molecule has 0 spiro atoms. The maximum Gasteiger partial charge on any atom is 0.244 e. The Kier molecular flexibility index (Phi) is 6.46. The van der Waals surface area contributed by atoms with Crippen LogP contribution in [0.3, 0.4) is 0 Å². The van der Waals surface area contributed by atoms with Crippen LogP contribution in [0.2, 0.25) is 10.0 Å². The molecule has 0 saturated carbocycles. The van der Waals surface area contributed by atoms with Gasteiger partial charge in [0.25, 0.3) is 0 Å². The molecule has 2 atom stereocenters. The molecule has 1 aliphatic rings. The topological polar surface area (TPSA) is 66.5 Å². The van der Waals surface area contributed by atoms with E-state index in [1.807, 2.05) is 13.0 Å². The van der Waals surface area contributed by atoms with Crippen LogP contribution in [0.5, 0.6) is 0 Å². The van der Waals surface area contributed by atoms with E-state index in [0.29, 0.717) is 5.02 Å². The molecule has 1 aliphatic carbocycles. The highest BCUT2D eigenvalue weighted by molar-refractivity contribution is 7.92. The molecule has 29 heavy (non-hydrogen) atoms. The first kappa shape index (κ1) is 21.9. The summed E-state index contributed by atoms with van der Waals surface area (Å²) in [6.07, 6.45) is 4.37. The van der Waals surface area contributed by atoms with Crippen molar-refractivity contribution in [2.75, 3.05) is 10.6 Å². The van der Waals surface area contributed by atoms with Crippen molar-refractivity contribution in [3.63, 3.8) is 0 Å². The van der Waals surface area contributed by atoms with Gasteiger partial charge in [-0.3, -0.25) is 9.10 Å². The van der Waals surface area contributed by atoms with Crippen molar-refractivity contribution < 1.29 is 13.2 Å². The lowest BCUT2D eigenvalue weighted by atomic mass is 10.0. The number of carbonyl (C=O) groups excluding carboxylic acids is 1. The number of halogens is 2. The van der Waals surface area contributed by atoms with E-state index in [-0.39, 0.29) is 16.8 Å². The van der Waals surface area contributed by atoms with E-state index in [4.69, 9.17) is 23.2 Å². The molecule has 3 rings (SSSR count). The molecule has 1 N–H and O–H groups in total. The van der Waals surface area contributed by atoms with Crippen LogP contribution in [0.4, 0.5) is 5.69 Å². The molecule has 2 aromatic rings. The Morgan fingerprint density at radius 2 is 1.72 bits per heavy atom. The molecule has 0 fully saturated rings. The molecule has 2 aromatic carbocycles. The molecule has 0 heterocycles. The Morgan fingerprint density at radius 3 is 2.38 bits per heavy atom. The van der Waals surface area contributed by atoms with Gasteiger partial charge in [-0.2, -0.15) is 0 Å². The van der Waals surface area contributed by atoms with Crippen molar-refractivity contribution in [3.05, 3.63) is 63.1 Å². The fourth-order valence-electron chi connectivity index (χ4n) is 3.71. The number of carbonyl (C=O) groups is 1. The van der Waals surface area contributed by atoms with Gasteiger partial charge < -0.3 is 5.32 Å². The van der Waals surface area contributed by atoms with Crippen LogP contribution in [-0.4, -0.2) is 26.6 Å². The van der Waals surface area contributed by atoms with Crippen molar-refractivity contribution in [2.45, 2.75) is 45.2 Å². The molecule has 0 radical (unpaired) electrons. The summed E-state index contributed by atoms with van der Waals surface area (Å²) in [6.45, 7) is 3.44. The van der Waals surface area contributed by atoms with Crippen molar-refractivity contribution in [1.82, 2.24) is 5.32 Å². The Morgan fingerprint density at radius 1 is 1.03 bits per heavy atom.